The minimum Gasteiger partial charge on any atom is -0.507 e. The molecule has 3 aromatic carbocycles. The van der Waals surface area contributed by atoms with Gasteiger partial charge in [0.15, 0.2) is 0 Å². The highest BCUT2D eigenvalue weighted by atomic mass is 16.5. The third-order valence-corrected chi connectivity index (χ3v) is 8.39. The van der Waals surface area contributed by atoms with Crippen molar-refractivity contribution in [3.8, 4) is 34.3 Å². The third-order valence-electron chi connectivity index (χ3n) is 8.39. The molecule has 4 aromatic rings. The first-order valence-electron chi connectivity index (χ1n) is 15.5. The Morgan fingerprint density at radius 3 is 2.59 bits per heavy atom. The summed E-state index contributed by atoms with van der Waals surface area (Å²) in [5.74, 6) is 1.45. The second-order valence-electron chi connectivity index (χ2n) is 11.4. The molecular weight excluding hydrogens is 576 g/mol. The number of nitrogens with two attached hydrogens (primary N) is 1. The van der Waals surface area contributed by atoms with E-state index >= 15 is 0 Å². The lowest BCUT2D eigenvalue weighted by atomic mass is 9.93. The molecule has 8 heteroatoms. The largest absolute Gasteiger partial charge is 0.507 e. The van der Waals surface area contributed by atoms with Crippen molar-refractivity contribution in [1.82, 2.24) is 0 Å². The number of H-pyrrole nitrogens is 1. The quantitative estimate of drug-likeness (QED) is 0.143. The number of methoxy groups -OCH3 is 2. The minimum atomic E-state index is -0.341. The highest BCUT2D eigenvalue weighted by Gasteiger charge is 2.26. The summed E-state index contributed by atoms with van der Waals surface area (Å²) in [5, 5.41) is 27.6. The first-order valence-corrected chi connectivity index (χ1v) is 15.5. The molecule has 0 radical (unpaired) electrons. The van der Waals surface area contributed by atoms with Crippen LogP contribution in [-0.2, 0) is 0 Å². The van der Waals surface area contributed by atoms with Crippen LogP contribution in [0.2, 0.25) is 0 Å². The lowest BCUT2D eigenvalue weighted by Crippen LogP contribution is -2.18. The number of aromatic nitrogens is 1. The van der Waals surface area contributed by atoms with Crippen LogP contribution >= 0.6 is 0 Å². The van der Waals surface area contributed by atoms with Crippen molar-refractivity contribution in [2.45, 2.75) is 38.6 Å². The van der Waals surface area contributed by atoms with Crippen molar-refractivity contribution < 1.29 is 24.7 Å². The second-order valence-corrected chi connectivity index (χ2v) is 11.4. The zero-order valence-electron chi connectivity index (χ0n) is 26.3. The summed E-state index contributed by atoms with van der Waals surface area (Å²) in [6.45, 7) is 2.12. The van der Waals surface area contributed by atoms with Gasteiger partial charge in [0.1, 0.15) is 28.7 Å². The molecule has 0 spiro atoms. The number of hydrogen-bond donors (Lipinski definition) is 4. The fourth-order valence-corrected chi connectivity index (χ4v) is 5.88. The highest BCUT2D eigenvalue weighted by molar-refractivity contribution is 6.04. The number of anilines is 1. The van der Waals surface area contributed by atoms with Gasteiger partial charge in [-0.15, -0.1) is 0 Å². The predicted octanol–water partition coefficient (Wildman–Crippen LogP) is 7.68. The van der Waals surface area contributed by atoms with E-state index in [1.165, 1.54) is 0 Å². The molecule has 1 unspecified atom stereocenters. The van der Waals surface area contributed by atoms with Crippen molar-refractivity contribution >= 4 is 34.1 Å². The number of ether oxygens (including phenoxy) is 2. The van der Waals surface area contributed by atoms with Crippen LogP contribution in [0.5, 0.6) is 23.0 Å². The summed E-state index contributed by atoms with van der Waals surface area (Å²) in [4.78, 5) is 8.09. The third kappa shape index (κ3) is 5.94. The predicted molar refractivity (Wildman–Crippen MR) is 185 cm³/mol. The van der Waals surface area contributed by atoms with Gasteiger partial charge in [-0.1, -0.05) is 49.8 Å². The molecule has 2 aliphatic heterocycles. The molecule has 234 valence electrons. The molecule has 0 bridgehead atoms. The lowest BCUT2D eigenvalue weighted by molar-refractivity contribution is -0.330. The number of phenolic OH excluding ortho intramolecular Hbond substituents is 2. The molecular formula is C38H39N4O4+. The van der Waals surface area contributed by atoms with Gasteiger partial charge in [0.25, 0.3) is 0 Å². The Hall–Kier alpha value is -5.50. The Labute approximate surface area is 268 Å². The molecule has 6 N–H and O–H groups in total. The molecule has 3 heterocycles. The Bertz CT molecular complexity index is 1950. The number of phenols is 2. The van der Waals surface area contributed by atoms with Crippen molar-refractivity contribution in [3.63, 3.8) is 0 Å². The van der Waals surface area contributed by atoms with Gasteiger partial charge >= 0.3 is 0 Å². The fraction of sp³-hybridized carbons (Fsp3) is 0.211. The van der Waals surface area contributed by atoms with E-state index in [4.69, 9.17) is 15.2 Å². The number of unbranched alkanes of at least 4 members (excludes halogenated alkanes) is 1. The van der Waals surface area contributed by atoms with Gasteiger partial charge in [0, 0.05) is 45.6 Å². The van der Waals surface area contributed by atoms with Gasteiger partial charge in [-0.2, -0.15) is 0 Å². The molecule has 0 amide bonds. The first kappa shape index (κ1) is 30.5. The molecule has 2 aliphatic rings. The summed E-state index contributed by atoms with van der Waals surface area (Å²) < 4.78 is 11.2. The average Bonchev–Trinajstić information content (AvgIpc) is 3.10. The number of aromatic hydroxyl groups is 2. The summed E-state index contributed by atoms with van der Waals surface area (Å²) >= 11 is 0. The smallest absolute Gasteiger partial charge is 0.235 e. The SMILES string of the molecule is CCC/C=C\C=C(/N)c1cc(OC)cc(-c2ccc3ccc4c(c3[nH+]2)NC(c2cc(OC)cc(C3=NC=CCC3)c2O)C=C4)c1O. The number of nitrogens with zero attached hydrogens (tertiary/aromatic N) is 1. The van der Waals surface area contributed by atoms with Crippen molar-refractivity contribution in [2.75, 3.05) is 19.5 Å². The fourth-order valence-electron chi connectivity index (χ4n) is 5.88. The maximum Gasteiger partial charge on any atom is 0.235 e. The van der Waals surface area contributed by atoms with E-state index < -0.39 is 0 Å². The molecule has 8 nitrogen and oxygen atoms in total. The number of nitrogens with one attached hydrogen (secondary N) is 2. The van der Waals surface area contributed by atoms with Crippen LogP contribution < -0.4 is 25.5 Å². The molecule has 0 saturated heterocycles. The number of rotatable bonds is 9. The van der Waals surface area contributed by atoms with Gasteiger partial charge in [0.05, 0.1) is 31.5 Å². The Balaban J connectivity index is 1.42. The Kier molecular flexibility index (Phi) is 8.79. The zero-order chi connectivity index (χ0) is 32.2. The van der Waals surface area contributed by atoms with E-state index in [9.17, 15) is 10.2 Å². The number of aliphatic imine (C=N–C) groups is 1. The standard InChI is InChI=1S/C38H38N4O4/c1-4-5-6-7-10-31(39)27-19-25(45-2)21-29(37(27)43)33-16-14-23-12-13-24-15-17-34(42-36(24)35(23)41-33)30-22-26(46-3)20-28(38(30)44)32-11-8-9-18-40-32/h6-7,9-10,12-22,34,42-44H,4-5,8,11,39H2,1-3H3/p+1/b7-6-,31-10-. The van der Waals surface area contributed by atoms with E-state index in [0.29, 0.717) is 45.1 Å². The zero-order valence-corrected chi connectivity index (χ0v) is 26.3. The van der Waals surface area contributed by atoms with Gasteiger partial charge < -0.3 is 30.7 Å². The van der Waals surface area contributed by atoms with Crippen LogP contribution in [0.1, 0.15) is 60.9 Å². The van der Waals surface area contributed by atoms with Crippen LogP contribution in [0.15, 0.2) is 90.1 Å². The number of fused-ring (bicyclic) bond motifs is 3. The Morgan fingerprint density at radius 2 is 1.83 bits per heavy atom. The van der Waals surface area contributed by atoms with Crippen LogP contribution in [0.3, 0.4) is 0 Å². The molecule has 1 aromatic heterocycles. The van der Waals surface area contributed by atoms with Gasteiger partial charge in [0.2, 0.25) is 11.2 Å². The second kappa shape index (κ2) is 13.2. The number of aromatic amines is 1. The highest BCUT2D eigenvalue weighted by Crippen LogP contribution is 2.42. The van der Waals surface area contributed by atoms with E-state index in [0.717, 1.165) is 53.5 Å². The molecule has 1 atom stereocenters. The normalized spacial score (nSPS) is 15.9. The molecule has 0 fully saturated rings. The molecule has 0 aliphatic carbocycles. The molecule has 46 heavy (non-hydrogen) atoms. The molecule has 0 saturated carbocycles. The van der Waals surface area contributed by atoms with E-state index in [1.807, 2.05) is 48.6 Å². The molecule has 6 rings (SSSR count). The van der Waals surface area contributed by atoms with E-state index in [2.05, 4.69) is 40.4 Å². The van der Waals surface area contributed by atoms with Crippen molar-refractivity contribution in [1.29, 1.82) is 0 Å². The maximum absolute atomic E-state index is 11.5. The van der Waals surface area contributed by atoms with Crippen LogP contribution in [0.4, 0.5) is 5.69 Å². The summed E-state index contributed by atoms with van der Waals surface area (Å²) in [7, 11) is 3.22. The maximum atomic E-state index is 11.5. The Morgan fingerprint density at radius 1 is 1.04 bits per heavy atom. The van der Waals surface area contributed by atoms with Gasteiger partial charge in [-0.05, 0) is 61.7 Å². The number of hydrogen-bond acceptors (Lipinski definition) is 7. The van der Waals surface area contributed by atoms with Crippen LogP contribution in [-0.4, -0.2) is 30.1 Å². The first-order chi connectivity index (χ1) is 22.4. The van der Waals surface area contributed by atoms with E-state index in [-0.39, 0.29) is 17.5 Å². The summed E-state index contributed by atoms with van der Waals surface area (Å²) in [6, 6.07) is 14.9. The van der Waals surface area contributed by atoms with Crippen LogP contribution in [0, 0.1) is 0 Å². The average molecular weight is 616 g/mol. The topological polar surface area (TPSA) is 123 Å². The summed E-state index contributed by atoms with van der Waals surface area (Å²) in [5.41, 5.74) is 13.5. The summed E-state index contributed by atoms with van der Waals surface area (Å²) in [6.07, 6.45) is 17.2. The number of allylic oxidation sites excluding steroid dienone is 4. The number of benzene rings is 3. The van der Waals surface area contributed by atoms with E-state index in [1.54, 1.807) is 38.6 Å². The van der Waals surface area contributed by atoms with Crippen molar-refractivity contribution in [2.24, 2.45) is 10.7 Å². The minimum absolute atomic E-state index is 0.0545. The number of pyridine rings is 1. The van der Waals surface area contributed by atoms with Crippen LogP contribution in [0.25, 0.3) is 33.9 Å². The van der Waals surface area contributed by atoms with Gasteiger partial charge in [-0.25, -0.2) is 4.98 Å². The van der Waals surface area contributed by atoms with Crippen molar-refractivity contribution in [3.05, 3.63) is 107 Å². The monoisotopic (exact) mass is 615 g/mol. The lowest BCUT2D eigenvalue weighted by Gasteiger charge is -2.25. The van der Waals surface area contributed by atoms with Gasteiger partial charge in [-0.3, -0.25) is 4.99 Å².